The molecule has 0 aliphatic carbocycles. The van der Waals surface area contributed by atoms with Gasteiger partial charge in [-0.15, -0.1) is 21.5 Å². The first-order valence-corrected chi connectivity index (χ1v) is 10.4. The van der Waals surface area contributed by atoms with Gasteiger partial charge in [0.05, 0.1) is 18.6 Å². The van der Waals surface area contributed by atoms with Crippen LogP contribution >= 0.6 is 23.1 Å². The number of nitrogens with zero attached hydrogens (tertiary/aromatic N) is 4. The topological polar surface area (TPSA) is 85.8 Å². The lowest BCUT2D eigenvalue weighted by atomic mass is 10.3. The lowest BCUT2D eigenvalue weighted by Gasteiger charge is -2.07. The van der Waals surface area contributed by atoms with Crippen molar-refractivity contribution in [3.05, 3.63) is 76.4 Å². The van der Waals surface area contributed by atoms with E-state index in [4.69, 9.17) is 4.42 Å². The highest BCUT2D eigenvalue weighted by Crippen LogP contribution is 2.26. The zero-order valence-electron chi connectivity index (χ0n) is 15.0. The Labute approximate surface area is 169 Å². The van der Waals surface area contributed by atoms with Gasteiger partial charge in [0.25, 0.3) is 5.91 Å². The van der Waals surface area contributed by atoms with E-state index < -0.39 is 0 Å². The zero-order chi connectivity index (χ0) is 19.3. The number of para-hydroxylation sites is 1. The number of aryl methyl sites for hydroxylation is 1. The minimum atomic E-state index is -0.216. The van der Waals surface area contributed by atoms with Gasteiger partial charge in [-0.05, 0) is 31.2 Å². The molecule has 0 bridgehead atoms. The zero-order valence-corrected chi connectivity index (χ0v) is 16.7. The molecule has 0 aliphatic heterocycles. The normalized spacial score (nSPS) is 10.9. The van der Waals surface area contributed by atoms with Crippen molar-refractivity contribution in [1.29, 1.82) is 0 Å². The maximum absolute atomic E-state index is 12.2. The molecule has 0 aliphatic rings. The molecule has 0 saturated carbocycles. The van der Waals surface area contributed by atoms with E-state index in [2.05, 4.69) is 20.5 Å². The number of hydrogen-bond donors (Lipinski definition) is 1. The van der Waals surface area contributed by atoms with Crippen LogP contribution in [0.3, 0.4) is 0 Å². The second kappa shape index (κ2) is 8.41. The van der Waals surface area contributed by atoms with E-state index in [1.54, 1.807) is 29.5 Å². The first-order valence-electron chi connectivity index (χ1n) is 8.56. The molecule has 4 rings (SSSR count). The van der Waals surface area contributed by atoms with Crippen molar-refractivity contribution in [3.63, 3.8) is 0 Å². The lowest BCUT2D eigenvalue weighted by molar-refractivity contribution is 0.0943. The third-order valence-electron chi connectivity index (χ3n) is 3.92. The fourth-order valence-corrected chi connectivity index (χ4v) is 4.38. The Balaban J connectivity index is 1.39. The van der Waals surface area contributed by atoms with Crippen LogP contribution in [0.4, 0.5) is 0 Å². The average molecular weight is 412 g/mol. The molecule has 1 aromatic carbocycles. The molecule has 7 nitrogen and oxygen atoms in total. The smallest absolute Gasteiger partial charge is 0.271 e. The highest BCUT2D eigenvalue weighted by atomic mass is 32.2. The molecule has 1 amide bonds. The summed E-state index contributed by atoms with van der Waals surface area (Å²) < 4.78 is 7.22. The maximum atomic E-state index is 12.2. The Morgan fingerprint density at radius 2 is 2.07 bits per heavy atom. The quantitative estimate of drug-likeness (QED) is 0.465. The van der Waals surface area contributed by atoms with Crippen LogP contribution < -0.4 is 5.32 Å². The molecule has 3 aromatic heterocycles. The summed E-state index contributed by atoms with van der Waals surface area (Å²) in [5, 5.41) is 14.7. The summed E-state index contributed by atoms with van der Waals surface area (Å²) in [5.74, 6) is 1.93. The number of furan rings is 1. The Hall–Kier alpha value is -2.91. The van der Waals surface area contributed by atoms with Crippen molar-refractivity contribution < 1.29 is 9.21 Å². The van der Waals surface area contributed by atoms with Crippen molar-refractivity contribution >= 4 is 29.0 Å². The number of carbonyl (C=O) groups excluding carboxylic acids is 1. The van der Waals surface area contributed by atoms with Gasteiger partial charge in [-0.2, -0.15) is 0 Å². The van der Waals surface area contributed by atoms with Crippen LogP contribution in [0.1, 0.15) is 27.1 Å². The largest absolute Gasteiger partial charge is 0.467 e. The van der Waals surface area contributed by atoms with E-state index in [1.165, 1.54) is 11.3 Å². The highest BCUT2D eigenvalue weighted by molar-refractivity contribution is 7.98. The minimum absolute atomic E-state index is 0.216. The summed E-state index contributed by atoms with van der Waals surface area (Å²) in [7, 11) is 0. The molecule has 3 heterocycles. The van der Waals surface area contributed by atoms with E-state index in [0.29, 0.717) is 23.8 Å². The molecule has 0 atom stereocenters. The Morgan fingerprint density at radius 3 is 2.86 bits per heavy atom. The average Bonchev–Trinajstić information content (AvgIpc) is 3.46. The maximum Gasteiger partial charge on any atom is 0.271 e. The van der Waals surface area contributed by atoms with Gasteiger partial charge in [-0.1, -0.05) is 30.0 Å². The van der Waals surface area contributed by atoms with Crippen LogP contribution in [0, 0.1) is 6.92 Å². The van der Waals surface area contributed by atoms with Gasteiger partial charge in [0.1, 0.15) is 22.3 Å². The Morgan fingerprint density at radius 1 is 1.21 bits per heavy atom. The van der Waals surface area contributed by atoms with Crippen LogP contribution in [0.15, 0.2) is 63.7 Å². The summed E-state index contributed by atoms with van der Waals surface area (Å²) in [6.07, 6.45) is 1.58. The number of amides is 1. The van der Waals surface area contributed by atoms with E-state index in [9.17, 15) is 4.79 Å². The van der Waals surface area contributed by atoms with Crippen LogP contribution in [0.25, 0.3) is 5.69 Å². The SMILES string of the molecule is Cc1nnc(SCc2nc(C(=O)NCc3ccco3)cs2)n1-c1ccccc1. The van der Waals surface area contributed by atoms with Gasteiger partial charge in [0.15, 0.2) is 5.16 Å². The van der Waals surface area contributed by atoms with Gasteiger partial charge >= 0.3 is 0 Å². The molecule has 0 fully saturated rings. The van der Waals surface area contributed by atoms with Gasteiger partial charge in [-0.3, -0.25) is 9.36 Å². The highest BCUT2D eigenvalue weighted by Gasteiger charge is 2.14. The summed E-state index contributed by atoms with van der Waals surface area (Å²) >= 11 is 3.00. The standard InChI is InChI=1S/C19H17N5O2S2/c1-13-22-23-19(24(13)14-6-3-2-4-7-14)28-12-17-21-16(11-27-17)18(25)20-10-15-8-5-9-26-15/h2-9,11H,10,12H2,1H3,(H,20,25). The van der Waals surface area contributed by atoms with Crippen molar-refractivity contribution in [2.45, 2.75) is 24.4 Å². The number of benzene rings is 1. The van der Waals surface area contributed by atoms with Crippen LogP contribution in [0.5, 0.6) is 0 Å². The number of aromatic nitrogens is 4. The van der Waals surface area contributed by atoms with Crippen LogP contribution in [-0.4, -0.2) is 25.7 Å². The first kappa shape index (κ1) is 18.5. The fraction of sp³-hybridized carbons (Fsp3) is 0.158. The van der Waals surface area contributed by atoms with E-state index in [1.807, 2.05) is 47.9 Å². The van der Waals surface area contributed by atoms with Gasteiger partial charge in [0, 0.05) is 11.1 Å². The van der Waals surface area contributed by atoms with Gasteiger partial charge < -0.3 is 9.73 Å². The summed E-state index contributed by atoms with van der Waals surface area (Å²) in [5.41, 5.74) is 1.43. The number of nitrogens with one attached hydrogen (secondary N) is 1. The molecule has 142 valence electrons. The summed E-state index contributed by atoms with van der Waals surface area (Å²) in [6, 6.07) is 13.6. The molecule has 0 saturated heterocycles. The van der Waals surface area contributed by atoms with Gasteiger partial charge in [-0.25, -0.2) is 4.98 Å². The van der Waals surface area contributed by atoms with E-state index in [0.717, 1.165) is 21.7 Å². The van der Waals surface area contributed by atoms with E-state index in [-0.39, 0.29) is 5.91 Å². The molecular weight excluding hydrogens is 394 g/mol. The number of carbonyl (C=O) groups is 1. The number of hydrogen-bond acceptors (Lipinski definition) is 7. The number of thioether (sulfide) groups is 1. The predicted molar refractivity (Wildman–Crippen MR) is 108 cm³/mol. The van der Waals surface area contributed by atoms with Crippen molar-refractivity contribution in [3.8, 4) is 5.69 Å². The van der Waals surface area contributed by atoms with Crippen molar-refractivity contribution in [1.82, 2.24) is 25.1 Å². The monoisotopic (exact) mass is 411 g/mol. The first-order chi connectivity index (χ1) is 13.7. The fourth-order valence-electron chi connectivity index (χ4n) is 2.59. The van der Waals surface area contributed by atoms with Crippen LogP contribution in [0.2, 0.25) is 0 Å². The molecule has 4 aromatic rings. The van der Waals surface area contributed by atoms with Crippen molar-refractivity contribution in [2.75, 3.05) is 0 Å². The summed E-state index contributed by atoms with van der Waals surface area (Å²) in [6.45, 7) is 2.27. The minimum Gasteiger partial charge on any atom is -0.467 e. The predicted octanol–water partition coefficient (Wildman–Crippen LogP) is 3.85. The van der Waals surface area contributed by atoms with E-state index >= 15 is 0 Å². The second-order valence-electron chi connectivity index (χ2n) is 5.88. The molecule has 28 heavy (non-hydrogen) atoms. The van der Waals surface area contributed by atoms with Gasteiger partial charge in [0.2, 0.25) is 0 Å². The van der Waals surface area contributed by atoms with Crippen LogP contribution in [-0.2, 0) is 12.3 Å². The Bertz CT molecular complexity index is 1060. The molecule has 0 spiro atoms. The molecule has 0 radical (unpaired) electrons. The number of rotatable bonds is 7. The Kier molecular flexibility index (Phi) is 5.54. The third kappa shape index (κ3) is 4.15. The molecule has 9 heteroatoms. The third-order valence-corrected chi connectivity index (χ3v) is 5.89. The molecule has 1 N–H and O–H groups in total. The lowest BCUT2D eigenvalue weighted by Crippen LogP contribution is -2.22. The second-order valence-corrected chi connectivity index (χ2v) is 7.76. The molecule has 0 unspecified atom stereocenters. The molecular formula is C19H17N5O2S2. The number of thiazole rings is 1. The summed E-state index contributed by atoms with van der Waals surface area (Å²) in [4.78, 5) is 16.7. The van der Waals surface area contributed by atoms with Crippen molar-refractivity contribution in [2.24, 2.45) is 0 Å².